The summed E-state index contributed by atoms with van der Waals surface area (Å²) in [4.78, 5) is 38.0. The molecule has 0 fully saturated rings. The lowest BCUT2D eigenvalue weighted by atomic mass is 10.1. The summed E-state index contributed by atoms with van der Waals surface area (Å²) in [5.41, 5.74) is 6.15. The Morgan fingerprint density at radius 1 is 1.37 bits per heavy atom. The minimum Gasteiger partial charge on any atom is -0.490 e. The van der Waals surface area contributed by atoms with Gasteiger partial charge in [-0.15, -0.1) is 0 Å². The highest BCUT2D eigenvalue weighted by Crippen LogP contribution is 2.29. The summed E-state index contributed by atoms with van der Waals surface area (Å²) < 4.78 is 10.7. The van der Waals surface area contributed by atoms with Crippen molar-refractivity contribution in [2.75, 3.05) is 6.61 Å². The summed E-state index contributed by atoms with van der Waals surface area (Å²) in [6.45, 7) is 9.49. The van der Waals surface area contributed by atoms with E-state index in [2.05, 4.69) is 6.58 Å². The zero-order valence-corrected chi connectivity index (χ0v) is 16.0. The Hall–Kier alpha value is -2.83. The molecule has 7 nitrogen and oxygen atoms in total. The third-order valence-electron chi connectivity index (χ3n) is 4.02. The molecule has 146 valence electrons. The van der Waals surface area contributed by atoms with Crippen LogP contribution in [-0.4, -0.2) is 40.9 Å². The van der Waals surface area contributed by atoms with Gasteiger partial charge in [0, 0.05) is 18.5 Å². The number of ether oxygens (including phenoxy) is 2. The number of nitrogens with zero attached hydrogens (tertiary/aromatic N) is 1. The smallest absolute Gasteiger partial charge is 0.306 e. The second-order valence-corrected chi connectivity index (χ2v) is 7.39. The fourth-order valence-corrected chi connectivity index (χ4v) is 2.92. The third kappa shape index (κ3) is 5.32. The van der Waals surface area contributed by atoms with Gasteiger partial charge < -0.3 is 20.1 Å². The molecule has 0 aromatic heterocycles. The van der Waals surface area contributed by atoms with Gasteiger partial charge in [0.1, 0.15) is 24.0 Å². The van der Waals surface area contributed by atoms with E-state index in [1.807, 2.05) is 0 Å². The van der Waals surface area contributed by atoms with Crippen molar-refractivity contribution in [1.29, 1.82) is 0 Å². The van der Waals surface area contributed by atoms with Crippen molar-refractivity contribution in [3.8, 4) is 5.75 Å². The Labute approximate surface area is 159 Å². The van der Waals surface area contributed by atoms with Crippen LogP contribution in [0.15, 0.2) is 30.9 Å². The third-order valence-corrected chi connectivity index (χ3v) is 4.02. The van der Waals surface area contributed by atoms with Gasteiger partial charge in [-0.3, -0.25) is 14.4 Å². The van der Waals surface area contributed by atoms with Crippen molar-refractivity contribution in [2.45, 2.75) is 51.8 Å². The number of carbonyl (C=O) groups excluding carboxylic acids is 3. The lowest BCUT2D eigenvalue weighted by molar-refractivity contribution is -0.155. The zero-order chi connectivity index (χ0) is 20.2. The summed E-state index contributed by atoms with van der Waals surface area (Å²) >= 11 is 0. The van der Waals surface area contributed by atoms with E-state index in [1.165, 1.54) is 4.90 Å². The maximum atomic E-state index is 12.7. The van der Waals surface area contributed by atoms with Gasteiger partial charge in [-0.05, 0) is 51.0 Å². The normalized spacial score (nSPS) is 14.5. The van der Waals surface area contributed by atoms with E-state index < -0.39 is 23.5 Å². The van der Waals surface area contributed by atoms with Gasteiger partial charge in [-0.2, -0.15) is 0 Å². The minimum atomic E-state index is -0.880. The predicted molar refractivity (Wildman–Crippen MR) is 100 cm³/mol. The molecule has 1 aliphatic heterocycles. The first-order chi connectivity index (χ1) is 12.6. The lowest BCUT2D eigenvalue weighted by Crippen LogP contribution is -2.45. The number of primary amides is 1. The van der Waals surface area contributed by atoms with E-state index in [0.29, 0.717) is 17.9 Å². The molecule has 7 heteroatoms. The van der Waals surface area contributed by atoms with Crippen molar-refractivity contribution < 1.29 is 23.9 Å². The first-order valence-electron chi connectivity index (χ1n) is 8.81. The monoisotopic (exact) mass is 374 g/mol. The van der Waals surface area contributed by atoms with Crippen LogP contribution in [0, 0.1) is 0 Å². The van der Waals surface area contributed by atoms with Gasteiger partial charge in [0.25, 0.3) is 5.91 Å². The SMILES string of the molecule is C=CCOc1ccc2c(c1)CN([C@@H](CCC(=O)OC(C)(C)C)C(N)=O)C2=O. The van der Waals surface area contributed by atoms with E-state index in [1.54, 1.807) is 45.0 Å². The molecular formula is C20H26N2O5. The van der Waals surface area contributed by atoms with Crippen LogP contribution in [0.2, 0.25) is 0 Å². The van der Waals surface area contributed by atoms with Crippen molar-refractivity contribution >= 4 is 17.8 Å². The standard InChI is InChI=1S/C20H26N2O5/c1-5-10-26-14-6-7-15-13(11-14)12-22(19(15)25)16(18(21)24)8-9-17(23)27-20(2,3)4/h5-7,11,16H,1,8-10,12H2,2-4H3,(H2,21,24)/t16-/m0/s1. The Morgan fingerprint density at radius 2 is 2.07 bits per heavy atom. The molecule has 1 aliphatic rings. The molecule has 1 heterocycles. The molecule has 0 saturated heterocycles. The summed E-state index contributed by atoms with van der Waals surface area (Å²) in [5.74, 6) is -0.748. The van der Waals surface area contributed by atoms with Crippen LogP contribution in [0.5, 0.6) is 5.75 Å². The Balaban J connectivity index is 2.09. The summed E-state index contributed by atoms with van der Waals surface area (Å²) in [5, 5.41) is 0. The molecule has 1 aromatic carbocycles. The van der Waals surface area contributed by atoms with Gasteiger partial charge in [0.05, 0.1) is 0 Å². The number of rotatable bonds is 8. The van der Waals surface area contributed by atoms with Crippen molar-refractivity contribution in [3.05, 3.63) is 42.0 Å². The molecule has 2 N–H and O–H groups in total. The number of esters is 1. The van der Waals surface area contributed by atoms with Crippen molar-refractivity contribution in [2.24, 2.45) is 5.73 Å². The molecule has 27 heavy (non-hydrogen) atoms. The quantitative estimate of drug-likeness (QED) is 0.555. The number of nitrogens with two attached hydrogens (primary N) is 1. The topological polar surface area (TPSA) is 98.9 Å². The van der Waals surface area contributed by atoms with Crippen LogP contribution in [0.1, 0.15) is 49.5 Å². The number of benzene rings is 1. The molecule has 0 aliphatic carbocycles. The van der Waals surface area contributed by atoms with E-state index in [4.69, 9.17) is 15.2 Å². The number of hydrogen-bond acceptors (Lipinski definition) is 5. The van der Waals surface area contributed by atoms with E-state index in [9.17, 15) is 14.4 Å². The molecule has 0 unspecified atom stereocenters. The van der Waals surface area contributed by atoms with Crippen molar-refractivity contribution in [3.63, 3.8) is 0 Å². The highest BCUT2D eigenvalue weighted by molar-refractivity contribution is 6.01. The van der Waals surface area contributed by atoms with Crippen LogP contribution < -0.4 is 10.5 Å². The first-order valence-corrected chi connectivity index (χ1v) is 8.81. The van der Waals surface area contributed by atoms with Crippen molar-refractivity contribution in [1.82, 2.24) is 4.90 Å². The molecule has 1 aromatic rings. The van der Waals surface area contributed by atoms with E-state index in [0.717, 1.165) is 5.56 Å². The fourth-order valence-electron chi connectivity index (χ4n) is 2.92. The largest absolute Gasteiger partial charge is 0.490 e. The summed E-state index contributed by atoms with van der Waals surface area (Å²) in [7, 11) is 0. The van der Waals surface area contributed by atoms with Gasteiger partial charge in [-0.25, -0.2) is 0 Å². The summed E-state index contributed by atoms with van der Waals surface area (Å²) in [6, 6.07) is 4.25. The second kappa shape index (κ2) is 8.24. The number of hydrogen-bond donors (Lipinski definition) is 1. The summed E-state index contributed by atoms with van der Waals surface area (Å²) in [6.07, 6.45) is 1.74. The Kier molecular flexibility index (Phi) is 6.25. The zero-order valence-electron chi connectivity index (χ0n) is 16.0. The molecule has 0 bridgehead atoms. The molecule has 1 atom stereocenters. The van der Waals surface area contributed by atoms with Crippen LogP contribution in [0.3, 0.4) is 0 Å². The molecule has 0 spiro atoms. The number of carbonyl (C=O) groups is 3. The maximum Gasteiger partial charge on any atom is 0.306 e. The average molecular weight is 374 g/mol. The highest BCUT2D eigenvalue weighted by Gasteiger charge is 2.36. The number of fused-ring (bicyclic) bond motifs is 1. The van der Waals surface area contributed by atoms with Gasteiger partial charge in [0.2, 0.25) is 5.91 Å². The first kappa shape index (κ1) is 20.5. The fraction of sp³-hybridized carbons (Fsp3) is 0.450. The Bertz CT molecular complexity index is 751. The molecule has 0 radical (unpaired) electrons. The predicted octanol–water partition coefficient (Wildman–Crippen LogP) is 2.18. The van der Waals surface area contributed by atoms with E-state index in [-0.39, 0.29) is 25.3 Å². The highest BCUT2D eigenvalue weighted by atomic mass is 16.6. The second-order valence-electron chi connectivity index (χ2n) is 7.39. The Morgan fingerprint density at radius 3 is 2.67 bits per heavy atom. The van der Waals surface area contributed by atoms with Crippen LogP contribution >= 0.6 is 0 Å². The number of amides is 2. The van der Waals surface area contributed by atoms with Gasteiger partial charge in [0.15, 0.2) is 0 Å². The van der Waals surface area contributed by atoms with E-state index >= 15 is 0 Å². The minimum absolute atomic E-state index is 0.00129. The van der Waals surface area contributed by atoms with Crippen LogP contribution in [0.4, 0.5) is 0 Å². The van der Waals surface area contributed by atoms with Gasteiger partial charge >= 0.3 is 5.97 Å². The molecular weight excluding hydrogens is 348 g/mol. The molecule has 2 rings (SSSR count). The molecule has 0 saturated carbocycles. The van der Waals surface area contributed by atoms with Gasteiger partial charge in [-0.1, -0.05) is 12.7 Å². The maximum absolute atomic E-state index is 12.7. The lowest BCUT2D eigenvalue weighted by Gasteiger charge is -2.25. The molecule has 2 amide bonds. The average Bonchev–Trinajstić information content (AvgIpc) is 2.87. The van der Waals surface area contributed by atoms with Crippen LogP contribution in [0.25, 0.3) is 0 Å². The van der Waals surface area contributed by atoms with Crippen LogP contribution in [-0.2, 0) is 20.9 Å².